The summed E-state index contributed by atoms with van der Waals surface area (Å²) in [5.74, 6) is 0.309. The summed E-state index contributed by atoms with van der Waals surface area (Å²) in [4.78, 5) is 1.34. The Morgan fingerprint density at radius 3 is 2.79 bits per heavy atom. The van der Waals surface area contributed by atoms with Gasteiger partial charge in [0.1, 0.15) is 5.84 Å². The number of hydrogen-bond acceptors (Lipinski definition) is 4. The van der Waals surface area contributed by atoms with Crippen LogP contribution in [0.4, 0.5) is 0 Å². The standard InChI is InChI=1S/C13H22BrN3OS/c1-13(2,12(15)17-18)7-3-4-8-16-9-10-5-6-11(14)19-10/h5-6,16,18H,3-4,7-9H2,1-2H3,(H2,15,17). The van der Waals surface area contributed by atoms with E-state index in [1.807, 2.05) is 13.8 Å². The number of rotatable bonds is 8. The number of halogens is 1. The molecule has 0 fully saturated rings. The summed E-state index contributed by atoms with van der Waals surface area (Å²) in [5.41, 5.74) is 5.42. The van der Waals surface area contributed by atoms with Crippen molar-refractivity contribution in [1.29, 1.82) is 0 Å². The van der Waals surface area contributed by atoms with Gasteiger partial charge in [0.15, 0.2) is 0 Å². The molecular weight excluding hydrogens is 326 g/mol. The van der Waals surface area contributed by atoms with E-state index in [0.717, 1.165) is 32.4 Å². The smallest absolute Gasteiger partial charge is 0.144 e. The second-order valence-corrected chi connectivity index (χ2v) is 7.76. The Morgan fingerprint density at radius 1 is 1.47 bits per heavy atom. The maximum absolute atomic E-state index is 8.69. The zero-order valence-electron chi connectivity index (χ0n) is 11.4. The van der Waals surface area contributed by atoms with E-state index in [4.69, 9.17) is 10.9 Å². The molecule has 0 bridgehead atoms. The number of thiophene rings is 1. The molecule has 0 aliphatic heterocycles. The third-order valence-electron chi connectivity index (χ3n) is 3.13. The highest BCUT2D eigenvalue weighted by Crippen LogP contribution is 2.23. The average Bonchev–Trinajstić information content (AvgIpc) is 2.78. The van der Waals surface area contributed by atoms with Gasteiger partial charge in [0.05, 0.1) is 3.79 Å². The Labute approximate surface area is 127 Å². The summed E-state index contributed by atoms with van der Waals surface area (Å²) in [6.07, 6.45) is 3.08. The van der Waals surface area contributed by atoms with E-state index in [-0.39, 0.29) is 5.41 Å². The molecule has 0 radical (unpaired) electrons. The van der Waals surface area contributed by atoms with E-state index in [9.17, 15) is 0 Å². The molecule has 6 heteroatoms. The Balaban J connectivity index is 2.11. The van der Waals surface area contributed by atoms with E-state index in [1.54, 1.807) is 11.3 Å². The molecule has 0 aliphatic rings. The lowest BCUT2D eigenvalue weighted by Gasteiger charge is -2.22. The summed E-state index contributed by atoms with van der Waals surface area (Å²) >= 11 is 5.21. The quantitative estimate of drug-likeness (QED) is 0.221. The molecule has 0 aliphatic carbocycles. The van der Waals surface area contributed by atoms with Crippen molar-refractivity contribution in [3.8, 4) is 0 Å². The first kappa shape index (κ1) is 16.5. The van der Waals surface area contributed by atoms with Gasteiger partial charge in [-0.15, -0.1) is 11.3 Å². The van der Waals surface area contributed by atoms with Crippen molar-refractivity contribution >= 4 is 33.1 Å². The number of hydrogen-bond donors (Lipinski definition) is 3. The van der Waals surface area contributed by atoms with Gasteiger partial charge in [0.2, 0.25) is 0 Å². The molecule has 1 aromatic heterocycles. The van der Waals surface area contributed by atoms with Crippen LogP contribution in [0.2, 0.25) is 0 Å². The lowest BCUT2D eigenvalue weighted by molar-refractivity contribution is 0.304. The van der Waals surface area contributed by atoms with Crippen molar-refractivity contribution in [3.05, 3.63) is 20.8 Å². The summed E-state index contributed by atoms with van der Waals surface area (Å²) in [6.45, 7) is 5.90. The molecular formula is C13H22BrN3OS. The predicted octanol–water partition coefficient (Wildman–Crippen LogP) is 3.54. The predicted molar refractivity (Wildman–Crippen MR) is 84.8 cm³/mol. The van der Waals surface area contributed by atoms with Gasteiger partial charge in [-0.05, 0) is 47.4 Å². The third kappa shape index (κ3) is 5.93. The Morgan fingerprint density at radius 2 is 2.21 bits per heavy atom. The summed E-state index contributed by atoms with van der Waals surface area (Å²) in [6, 6.07) is 4.20. The lowest BCUT2D eigenvalue weighted by atomic mass is 9.86. The second-order valence-electron chi connectivity index (χ2n) is 5.21. The van der Waals surface area contributed by atoms with E-state index >= 15 is 0 Å². The van der Waals surface area contributed by atoms with Crippen LogP contribution in [-0.4, -0.2) is 17.6 Å². The van der Waals surface area contributed by atoms with Gasteiger partial charge in [-0.2, -0.15) is 0 Å². The van der Waals surface area contributed by atoms with Crippen LogP contribution in [-0.2, 0) is 6.54 Å². The van der Waals surface area contributed by atoms with Crippen molar-refractivity contribution in [1.82, 2.24) is 5.32 Å². The van der Waals surface area contributed by atoms with E-state index < -0.39 is 0 Å². The zero-order valence-corrected chi connectivity index (χ0v) is 13.9. The number of nitrogens with zero attached hydrogens (tertiary/aromatic N) is 1. The van der Waals surface area contributed by atoms with Gasteiger partial charge in [-0.1, -0.05) is 25.4 Å². The Bertz CT molecular complexity index is 418. The van der Waals surface area contributed by atoms with Crippen LogP contribution in [0.25, 0.3) is 0 Å². The molecule has 0 unspecified atom stereocenters. The van der Waals surface area contributed by atoms with Crippen LogP contribution in [0, 0.1) is 5.41 Å². The molecule has 19 heavy (non-hydrogen) atoms. The van der Waals surface area contributed by atoms with Crippen LogP contribution in [0.5, 0.6) is 0 Å². The minimum atomic E-state index is -0.229. The number of amidine groups is 1. The van der Waals surface area contributed by atoms with Gasteiger partial charge < -0.3 is 16.3 Å². The minimum Gasteiger partial charge on any atom is -0.409 e. The number of nitrogens with one attached hydrogen (secondary N) is 1. The van der Waals surface area contributed by atoms with Gasteiger partial charge >= 0.3 is 0 Å². The second kappa shape index (κ2) is 7.87. The Kier molecular flexibility index (Phi) is 6.82. The number of nitrogens with two attached hydrogens (primary N) is 1. The monoisotopic (exact) mass is 347 g/mol. The van der Waals surface area contributed by atoms with Crippen LogP contribution in [0.15, 0.2) is 21.1 Å². The molecule has 1 rings (SSSR count). The molecule has 0 aromatic carbocycles. The SMILES string of the molecule is CC(C)(CCCCNCc1ccc(Br)s1)/C(N)=N/O. The van der Waals surface area contributed by atoms with Crippen LogP contribution < -0.4 is 11.1 Å². The van der Waals surface area contributed by atoms with Crippen molar-refractivity contribution in [3.63, 3.8) is 0 Å². The van der Waals surface area contributed by atoms with E-state index in [1.165, 1.54) is 8.66 Å². The summed E-state index contributed by atoms with van der Waals surface area (Å²) in [7, 11) is 0. The maximum atomic E-state index is 8.69. The van der Waals surface area contributed by atoms with Crippen molar-refractivity contribution in [2.45, 2.75) is 39.7 Å². The lowest BCUT2D eigenvalue weighted by Crippen LogP contribution is -2.32. The summed E-state index contributed by atoms with van der Waals surface area (Å²) < 4.78 is 1.17. The third-order valence-corrected chi connectivity index (χ3v) is 4.76. The van der Waals surface area contributed by atoms with Crippen LogP contribution >= 0.6 is 27.3 Å². The first-order valence-corrected chi connectivity index (χ1v) is 7.99. The molecule has 4 N–H and O–H groups in total. The first-order valence-electron chi connectivity index (χ1n) is 6.38. The topological polar surface area (TPSA) is 70.6 Å². The molecule has 0 spiro atoms. The van der Waals surface area contributed by atoms with Gasteiger partial charge in [-0.25, -0.2) is 0 Å². The highest BCUT2D eigenvalue weighted by atomic mass is 79.9. The van der Waals surface area contributed by atoms with Crippen molar-refractivity contribution in [2.75, 3.05) is 6.54 Å². The highest BCUT2D eigenvalue weighted by molar-refractivity contribution is 9.11. The molecule has 4 nitrogen and oxygen atoms in total. The molecule has 1 aromatic rings. The highest BCUT2D eigenvalue weighted by Gasteiger charge is 2.22. The average molecular weight is 348 g/mol. The van der Waals surface area contributed by atoms with E-state index in [2.05, 4.69) is 38.5 Å². The first-order chi connectivity index (χ1) is 8.95. The van der Waals surface area contributed by atoms with Gasteiger partial charge in [-0.3, -0.25) is 0 Å². The molecule has 0 saturated heterocycles. The molecule has 0 saturated carbocycles. The Hall–Kier alpha value is -0.590. The maximum Gasteiger partial charge on any atom is 0.144 e. The normalized spacial score (nSPS) is 12.9. The van der Waals surface area contributed by atoms with Crippen molar-refractivity contribution < 1.29 is 5.21 Å². The molecule has 108 valence electrons. The minimum absolute atomic E-state index is 0.229. The fraction of sp³-hybridized carbons (Fsp3) is 0.615. The van der Waals surface area contributed by atoms with Crippen LogP contribution in [0.1, 0.15) is 38.0 Å². The van der Waals surface area contributed by atoms with Crippen LogP contribution in [0.3, 0.4) is 0 Å². The van der Waals surface area contributed by atoms with E-state index in [0.29, 0.717) is 5.84 Å². The largest absolute Gasteiger partial charge is 0.409 e. The summed E-state index contributed by atoms with van der Waals surface area (Å²) in [5, 5.41) is 15.2. The van der Waals surface area contributed by atoms with Gasteiger partial charge in [0.25, 0.3) is 0 Å². The number of unbranched alkanes of at least 4 members (excludes halogenated alkanes) is 1. The fourth-order valence-corrected chi connectivity index (χ4v) is 3.19. The zero-order chi connectivity index (χ0) is 14.3. The number of oxime groups is 1. The van der Waals surface area contributed by atoms with Gasteiger partial charge in [0, 0.05) is 16.8 Å². The van der Waals surface area contributed by atoms with Crippen molar-refractivity contribution in [2.24, 2.45) is 16.3 Å². The fourth-order valence-electron chi connectivity index (χ4n) is 1.74. The molecule has 0 atom stereocenters. The molecule has 1 heterocycles. The molecule has 0 amide bonds.